The van der Waals surface area contributed by atoms with E-state index in [0.29, 0.717) is 18.7 Å². The molecule has 0 spiro atoms. The molecule has 0 aliphatic carbocycles. The van der Waals surface area contributed by atoms with Crippen molar-refractivity contribution in [3.05, 3.63) is 64.0 Å². The fraction of sp³-hybridized carbons (Fsp3) is 0.368. The van der Waals surface area contributed by atoms with Crippen molar-refractivity contribution in [2.45, 2.75) is 37.1 Å². The molecule has 1 heterocycles. The van der Waals surface area contributed by atoms with E-state index in [-0.39, 0.29) is 22.8 Å². The predicted octanol–water partition coefficient (Wildman–Crippen LogP) is 3.91. The van der Waals surface area contributed by atoms with Gasteiger partial charge in [-0.1, -0.05) is 31.0 Å². The first-order chi connectivity index (χ1) is 13.4. The Hall–Kier alpha value is -2.52. The largest absolute Gasteiger partial charge is 0.375 e. The van der Waals surface area contributed by atoms with E-state index in [9.17, 15) is 22.9 Å². The molecule has 150 valence electrons. The quantitative estimate of drug-likeness (QED) is 0.579. The first-order valence-corrected chi connectivity index (χ1v) is 10.6. The maximum Gasteiger partial charge on any atom is 0.293 e. The lowest BCUT2D eigenvalue weighted by Gasteiger charge is -2.20. The van der Waals surface area contributed by atoms with Crippen molar-refractivity contribution >= 4 is 21.4 Å². The summed E-state index contributed by atoms with van der Waals surface area (Å²) in [4.78, 5) is 10.8. The van der Waals surface area contributed by atoms with Crippen LogP contribution in [0.3, 0.4) is 0 Å². The molecule has 0 saturated carbocycles. The maximum absolute atomic E-state index is 13.8. The summed E-state index contributed by atoms with van der Waals surface area (Å²) in [5, 5.41) is 14.3. The molecule has 0 amide bonds. The van der Waals surface area contributed by atoms with E-state index in [1.807, 2.05) is 0 Å². The van der Waals surface area contributed by atoms with E-state index in [4.69, 9.17) is 0 Å². The first kappa shape index (κ1) is 20.2. The molecule has 7 nitrogen and oxygen atoms in total. The third kappa shape index (κ3) is 4.48. The molecule has 1 aliphatic rings. The third-order valence-corrected chi connectivity index (χ3v) is 6.69. The molecule has 3 rings (SSSR count). The van der Waals surface area contributed by atoms with Gasteiger partial charge in [0.25, 0.3) is 5.69 Å². The second-order valence-corrected chi connectivity index (χ2v) is 8.64. The average Bonchev–Trinajstić information content (AvgIpc) is 2.97. The number of sulfonamides is 1. The van der Waals surface area contributed by atoms with Gasteiger partial charge in [0, 0.05) is 31.3 Å². The minimum Gasteiger partial charge on any atom is -0.375 e. The van der Waals surface area contributed by atoms with Crippen molar-refractivity contribution in [2.75, 3.05) is 18.4 Å². The predicted molar refractivity (Wildman–Crippen MR) is 104 cm³/mol. The number of hydrogen-bond donors (Lipinski definition) is 1. The molecular formula is C19H22FN3O4S. The lowest BCUT2D eigenvalue weighted by Crippen LogP contribution is -2.32. The Morgan fingerprint density at radius 3 is 2.39 bits per heavy atom. The molecule has 0 unspecified atom stereocenters. The summed E-state index contributed by atoms with van der Waals surface area (Å²) >= 11 is 0. The number of hydrogen-bond acceptors (Lipinski definition) is 5. The van der Waals surface area contributed by atoms with E-state index in [0.717, 1.165) is 31.7 Å². The Balaban J connectivity index is 1.86. The minimum absolute atomic E-state index is 0.0474. The molecule has 1 aliphatic heterocycles. The number of nitrogens with one attached hydrogen (secondary N) is 1. The van der Waals surface area contributed by atoms with Crippen LogP contribution in [0.1, 0.15) is 31.2 Å². The van der Waals surface area contributed by atoms with Crippen molar-refractivity contribution in [1.29, 1.82) is 0 Å². The van der Waals surface area contributed by atoms with Crippen LogP contribution in [0.5, 0.6) is 0 Å². The van der Waals surface area contributed by atoms with Crippen LogP contribution in [-0.4, -0.2) is 30.7 Å². The van der Waals surface area contributed by atoms with E-state index in [2.05, 4.69) is 5.32 Å². The molecule has 9 heteroatoms. The van der Waals surface area contributed by atoms with Crippen molar-refractivity contribution in [2.24, 2.45) is 0 Å². The number of anilines is 1. The van der Waals surface area contributed by atoms with Crippen LogP contribution < -0.4 is 5.32 Å². The summed E-state index contributed by atoms with van der Waals surface area (Å²) < 4.78 is 40.9. The summed E-state index contributed by atoms with van der Waals surface area (Å²) in [5.41, 5.74) is 0.147. The van der Waals surface area contributed by atoms with Crippen molar-refractivity contribution < 1.29 is 17.7 Å². The molecule has 0 atom stereocenters. The van der Waals surface area contributed by atoms with Crippen LogP contribution in [0.4, 0.5) is 15.8 Å². The first-order valence-electron chi connectivity index (χ1n) is 9.15. The molecular weight excluding hydrogens is 385 g/mol. The van der Waals surface area contributed by atoms with Gasteiger partial charge in [-0.15, -0.1) is 0 Å². The second kappa shape index (κ2) is 8.66. The Kier molecular flexibility index (Phi) is 6.25. The van der Waals surface area contributed by atoms with Gasteiger partial charge < -0.3 is 5.32 Å². The van der Waals surface area contributed by atoms with Gasteiger partial charge in [0.1, 0.15) is 11.5 Å². The molecule has 0 aromatic heterocycles. The SMILES string of the molecule is O=[N+]([O-])c1cc(S(=O)(=O)N2CCCCCC2)ccc1NCc1ccccc1F. The average molecular weight is 407 g/mol. The summed E-state index contributed by atoms with van der Waals surface area (Å²) in [6.45, 7) is 0.887. The van der Waals surface area contributed by atoms with Gasteiger partial charge in [-0.2, -0.15) is 4.31 Å². The summed E-state index contributed by atoms with van der Waals surface area (Å²) in [6, 6.07) is 9.91. The zero-order chi connectivity index (χ0) is 20.1. The van der Waals surface area contributed by atoms with Gasteiger partial charge in [0.05, 0.1) is 9.82 Å². The molecule has 28 heavy (non-hydrogen) atoms. The van der Waals surface area contributed by atoms with E-state index in [1.165, 1.54) is 22.5 Å². The molecule has 0 radical (unpaired) electrons. The van der Waals surface area contributed by atoms with Crippen LogP contribution in [0.15, 0.2) is 47.4 Å². The van der Waals surface area contributed by atoms with Gasteiger partial charge >= 0.3 is 0 Å². The van der Waals surface area contributed by atoms with E-state index in [1.54, 1.807) is 18.2 Å². The number of nitro benzene ring substituents is 1. The summed E-state index contributed by atoms with van der Waals surface area (Å²) in [7, 11) is -3.79. The lowest BCUT2D eigenvalue weighted by molar-refractivity contribution is -0.384. The van der Waals surface area contributed by atoms with E-state index < -0.39 is 20.8 Å². The highest BCUT2D eigenvalue weighted by atomic mass is 32.2. The number of nitro groups is 1. The topological polar surface area (TPSA) is 92.5 Å². The zero-order valence-electron chi connectivity index (χ0n) is 15.3. The highest BCUT2D eigenvalue weighted by Gasteiger charge is 2.28. The lowest BCUT2D eigenvalue weighted by atomic mass is 10.2. The van der Waals surface area contributed by atoms with Gasteiger partial charge in [-0.05, 0) is 31.0 Å². The minimum atomic E-state index is -3.79. The smallest absolute Gasteiger partial charge is 0.293 e. The summed E-state index contributed by atoms with van der Waals surface area (Å²) in [6.07, 6.45) is 3.52. The normalized spacial score (nSPS) is 15.8. The number of benzene rings is 2. The van der Waals surface area contributed by atoms with Crippen LogP contribution >= 0.6 is 0 Å². The zero-order valence-corrected chi connectivity index (χ0v) is 16.1. The standard InChI is InChI=1S/C19H22FN3O4S/c20-17-8-4-3-7-15(17)14-21-18-10-9-16(13-19(18)23(24)25)28(26,27)22-11-5-1-2-6-12-22/h3-4,7-10,13,21H,1-2,5-6,11-12,14H2. The van der Waals surface area contributed by atoms with E-state index >= 15 is 0 Å². The van der Waals surface area contributed by atoms with Crippen LogP contribution in [-0.2, 0) is 16.6 Å². The molecule has 1 fully saturated rings. The monoisotopic (exact) mass is 407 g/mol. The van der Waals surface area contributed by atoms with Gasteiger partial charge in [0.15, 0.2) is 0 Å². The third-order valence-electron chi connectivity index (χ3n) is 4.80. The number of rotatable bonds is 6. The highest BCUT2D eigenvalue weighted by molar-refractivity contribution is 7.89. The molecule has 0 bridgehead atoms. The molecule has 1 N–H and O–H groups in total. The number of halogens is 1. The number of nitrogens with zero attached hydrogens (tertiary/aromatic N) is 2. The Bertz CT molecular complexity index is 957. The molecule has 1 saturated heterocycles. The fourth-order valence-corrected chi connectivity index (χ4v) is 4.77. The van der Waals surface area contributed by atoms with Crippen molar-refractivity contribution in [3.8, 4) is 0 Å². The van der Waals surface area contributed by atoms with Gasteiger partial charge in [0.2, 0.25) is 10.0 Å². The Labute approximate surface area is 163 Å². The van der Waals surface area contributed by atoms with Crippen molar-refractivity contribution in [1.82, 2.24) is 4.31 Å². The molecule has 2 aromatic carbocycles. The molecule has 2 aromatic rings. The van der Waals surface area contributed by atoms with Gasteiger partial charge in [-0.3, -0.25) is 10.1 Å². The fourth-order valence-electron chi connectivity index (χ4n) is 3.24. The highest BCUT2D eigenvalue weighted by Crippen LogP contribution is 2.30. The maximum atomic E-state index is 13.8. The van der Waals surface area contributed by atoms with Crippen molar-refractivity contribution in [3.63, 3.8) is 0 Å². The summed E-state index contributed by atoms with van der Waals surface area (Å²) in [5.74, 6) is -0.419. The second-order valence-electron chi connectivity index (χ2n) is 6.70. The van der Waals surface area contributed by atoms with Crippen LogP contribution in [0.25, 0.3) is 0 Å². The van der Waals surface area contributed by atoms with Gasteiger partial charge in [-0.25, -0.2) is 12.8 Å². The van der Waals surface area contributed by atoms with Crippen LogP contribution in [0.2, 0.25) is 0 Å². The van der Waals surface area contributed by atoms with Crippen LogP contribution in [0, 0.1) is 15.9 Å². The Morgan fingerprint density at radius 1 is 1.07 bits per heavy atom. The Morgan fingerprint density at radius 2 is 1.75 bits per heavy atom.